The zero-order valence-electron chi connectivity index (χ0n) is 2.42. The molecule has 0 rings (SSSR count). The molecule has 0 aromatic carbocycles. The van der Waals surface area contributed by atoms with E-state index in [1.165, 1.54) is 0 Å². The molecule has 6 heteroatoms. The molecule has 42 valence electrons. The van der Waals surface area contributed by atoms with Crippen LogP contribution in [0.3, 0.4) is 0 Å². The van der Waals surface area contributed by atoms with Gasteiger partial charge in [0.25, 0.3) is 0 Å². The molecule has 0 aliphatic rings. The molecule has 0 unspecified atom stereocenters. The second-order valence-corrected chi connectivity index (χ2v) is 2.83. The van der Waals surface area contributed by atoms with Gasteiger partial charge >= 0.3 is 0 Å². The van der Waals surface area contributed by atoms with Crippen molar-refractivity contribution in [3.63, 3.8) is 0 Å². The Hall–Kier alpha value is 1.08. The molecule has 0 saturated heterocycles. The van der Waals surface area contributed by atoms with Gasteiger partial charge in [0.15, 0.2) is 0 Å². The van der Waals surface area contributed by atoms with Crippen LogP contribution in [0.5, 0.6) is 0 Å². The van der Waals surface area contributed by atoms with Crippen LogP contribution in [-0.4, -0.2) is 8.11 Å². The monoisotopic (exact) mass is 306 g/mol. The van der Waals surface area contributed by atoms with Gasteiger partial charge in [0.05, 0.1) is 0 Å². The van der Waals surface area contributed by atoms with Crippen molar-refractivity contribution in [3.05, 3.63) is 0 Å². The quantitative estimate of drug-likeness (QED) is 0.348. The van der Waals surface area contributed by atoms with Gasteiger partial charge in [-0.25, -0.2) is 11.1 Å². The molecule has 0 heterocycles. The Morgan fingerprint density at radius 2 is 1.17 bits per heavy atom. The van der Waals surface area contributed by atoms with E-state index in [2.05, 4.69) is 11.1 Å². The van der Waals surface area contributed by atoms with Crippen LogP contribution in [0.25, 0.3) is 0 Å². The Bertz CT molecular complexity index is 26.3. The normalized spacial score (nSPS) is 10.0. The maximum Gasteiger partial charge on any atom is 0 e. The Balaban J connectivity index is 0. The van der Waals surface area contributed by atoms with E-state index in [0.29, 0.717) is 0 Å². The van der Waals surface area contributed by atoms with Gasteiger partial charge in [-0.3, -0.25) is 0 Å². The van der Waals surface area contributed by atoms with Crippen LogP contribution in [0, 0.1) is 0 Å². The van der Waals surface area contributed by atoms with Crippen molar-refractivity contribution in [1.29, 1.82) is 0 Å². The molecule has 0 aliphatic carbocycles. The summed E-state index contributed by atoms with van der Waals surface area (Å²) in [7, 11) is -4.89. The van der Waals surface area contributed by atoms with Gasteiger partial charge in [-0.05, 0) is 0 Å². The summed E-state index contributed by atoms with van der Waals surface area (Å²) in [6.07, 6.45) is 0. The van der Waals surface area contributed by atoms with Crippen molar-refractivity contribution in [2.75, 3.05) is 0 Å². The SMILES string of the molecule is [O-][Si]([O-])([O-])Cl.[Pt]. The maximum atomic E-state index is 8.90. The van der Waals surface area contributed by atoms with E-state index < -0.39 is 8.11 Å². The summed E-state index contributed by atoms with van der Waals surface area (Å²) in [5.74, 6) is 0. The molecule has 0 amide bonds. The van der Waals surface area contributed by atoms with Crippen molar-refractivity contribution < 1.29 is 35.5 Å². The average Bonchev–Trinajstić information content (AvgIpc) is 0.722. The fourth-order valence-corrected chi connectivity index (χ4v) is 0. The zero-order valence-corrected chi connectivity index (χ0v) is 6.45. The molecule has 0 radical (unpaired) electrons. The molecule has 6 heavy (non-hydrogen) atoms. The molecular formula is ClO3PtSi-3. The fraction of sp³-hybridized carbons (Fsp3) is 0. The largest absolute Gasteiger partial charge is 0.870 e. The van der Waals surface area contributed by atoms with Crippen molar-refractivity contribution in [1.82, 2.24) is 0 Å². The topological polar surface area (TPSA) is 69.2 Å². The number of halogens is 1. The fourth-order valence-electron chi connectivity index (χ4n) is 0. The van der Waals surface area contributed by atoms with Crippen LogP contribution in [0.2, 0.25) is 0 Å². The molecule has 0 N–H and O–H groups in total. The average molecular weight is 307 g/mol. The zero-order chi connectivity index (χ0) is 4.50. The second kappa shape index (κ2) is 3.13. The predicted molar refractivity (Wildman–Crippen MR) is 11.6 cm³/mol. The summed E-state index contributed by atoms with van der Waals surface area (Å²) in [5, 5.41) is 0. The van der Waals surface area contributed by atoms with Crippen LogP contribution in [0.15, 0.2) is 0 Å². The molecule has 3 nitrogen and oxygen atoms in total. The third-order valence-electron chi connectivity index (χ3n) is 0. The Labute approximate surface area is 54.9 Å². The third-order valence-corrected chi connectivity index (χ3v) is 0. The van der Waals surface area contributed by atoms with Crippen molar-refractivity contribution in [3.8, 4) is 0 Å². The Morgan fingerprint density at radius 3 is 1.17 bits per heavy atom. The third kappa shape index (κ3) is 72.9. The standard InChI is InChI=1S/ClO3Si.Pt/c1-5(2,3)4;/q-3;. The minimum Gasteiger partial charge on any atom is -0.870 e. The van der Waals surface area contributed by atoms with E-state index in [0.717, 1.165) is 0 Å². The maximum absolute atomic E-state index is 8.90. The van der Waals surface area contributed by atoms with Gasteiger partial charge < -0.3 is 14.4 Å². The first-order valence-corrected chi connectivity index (χ1v) is 3.54. The van der Waals surface area contributed by atoms with E-state index in [-0.39, 0.29) is 21.1 Å². The summed E-state index contributed by atoms with van der Waals surface area (Å²) in [5.41, 5.74) is 0. The van der Waals surface area contributed by atoms with E-state index in [9.17, 15) is 0 Å². The molecule has 0 fully saturated rings. The molecule has 0 aliphatic heterocycles. The van der Waals surface area contributed by atoms with E-state index >= 15 is 0 Å². The van der Waals surface area contributed by atoms with Gasteiger partial charge in [0.1, 0.15) is 0 Å². The van der Waals surface area contributed by atoms with Crippen LogP contribution < -0.4 is 14.4 Å². The molecule has 0 saturated carbocycles. The van der Waals surface area contributed by atoms with Crippen LogP contribution in [-0.2, 0) is 21.1 Å². The number of hydrogen-bond acceptors (Lipinski definition) is 3. The minimum absolute atomic E-state index is 0. The Morgan fingerprint density at radius 1 is 1.17 bits per heavy atom. The van der Waals surface area contributed by atoms with Crippen LogP contribution >= 0.6 is 11.1 Å². The van der Waals surface area contributed by atoms with E-state index in [4.69, 9.17) is 14.4 Å². The first-order chi connectivity index (χ1) is 2.00. The van der Waals surface area contributed by atoms with E-state index in [1.54, 1.807) is 0 Å². The summed E-state index contributed by atoms with van der Waals surface area (Å²) in [4.78, 5) is 26.7. The molecule has 0 aromatic heterocycles. The molecule has 0 atom stereocenters. The second-order valence-electron chi connectivity index (χ2n) is 0.481. The van der Waals surface area contributed by atoms with Crippen molar-refractivity contribution in [2.45, 2.75) is 0 Å². The smallest absolute Gasteiger partial charge is 0 e. The van der Waals surface area contributed by atoms with Crippen molar-refractivity contribution in [2.24, 2.45) is 0 Å². The van der Waals surface area contributed by atoms with Gasteiger partial charge in [0.2, 0.25) is 0 Å². The van der Waals surface area contributed by atoms with Gasteiger partial charge in [0, 0.05) is 21.1 Å². The Kier molecular flexibility index (Phi) is 5.28. The molecule has 0 bridgehead atoms. The molecular weight excluding hydrogens is 307 g/mol. The molecule has 0 spiro atoms. The van der Waals surface area contributed by atoms with Gasteiger partial charge in [-0.1, -0.05) is 0 Å². The number of rotatable bonds is 0. The predicted octanol–water partition coefficient (Wildman–Crippen LogP) is -3.26. The summed E-state index contributed by atoms with van der Waals surface area (Å²) in [6, 6.07) is 0. The first kappa shape index (κ1) is 10.1. The van der Waals surface area contributed by atoms with Crippen molar-refractivity contribution >= 4 is 19.2 Å². The van der Waals surface area contributed by atoms with Crippen LogP contribution in [0.4, 0.5) is 0 Å². The minimum atomic E-state index is -4.89. The van der Waals surface area contributed by atoms with E-state index in [1.807, 2.05) is 0 Å². The van der Waals surface area contributed by atoms with Gasteiger partial charge in [-0.2, -0.15) is 8.11 Å². The van der Waals surface area contributed by atoms with Gasteiger partial charge in [-0.15, -0.1) is 0 Å². The summed E-state index contributed by atoms with van der Waals surface area (Å²) >= 11 is 4.00. The number of hydrogen-bond donors (Lipinski definition) is 0. The first-order valence-electron chi connectivity index (χ1n) is 0.801. The molecule has 0 aromatic rings. The van der Waals surface area contributed by atoms with Crippen LogP contribution in [0.1, 0.15) is 0 Å². The summed E-state index contributed by atoms with van der Waals surface area (Å²) < 4.78 is 0. The summed E-state index contributed by atoms with van der Waals surface area (Å²) in [6.45, 7) is 0.